The minimum absolute atomic E-state index is 0.125. The Bertz CT molecular complexity index is 773. The maximum Gasteiger partial charge on any atom is 0.240 e. The summed E-state index contributed by atoms with van der Waals surface area (Å²) in [7, 11) is 0. The molecule has 1 amide bonds. The van der Waals surface area contributed by atoms with Gasteiger partial charge in [-0.2, -0.15) is 5.10 Å². The number of nitrogens with zero attached hydrogens (tertiary/aromatic N) is 4. The Balaban J connectivity index is 1.53. The molecule has 0 radical (unpaired) electrons. The molecule has 2 aromatic rings. The molecule has 7 heteroatoms. The predicted molar refractivity (Wildman–Crippen MR) is 98.4 cm³/mol. The van der Waals surface area contributed by atoms with E-state index in [1.807, 2.05) is 28.9 Å². The normalized spacial score (nSPS) is 21.1. The number of aryl methyl sites for hydroxylation is 1. The van der Waals surface area contributed by atoms with Crippen molar-refractivity contribution in [3.05, 3.63) is 35.7 Å². The second-order valence-corrected chi connectivity index (χ2v) is 7.48. The van der Waals surface area contributed by atoms with E-state index < -0.39 is 0 Å². The molecular formula is C19H28N6O. The summed E-state index contributed by atoms with van der Waals surface area (Å²) in [5.74, 6) is 0.170. The van der Waals surface area contributed by atoms with E-state index in [0.717, 1.165) is 36.3 Å². The lowest BCUT2D eigenvalue weighted by atomic mass is 9.84. The molecule has 7 nitrogen and oxygen atoms in total. The molecule has 2 aliphatic rings. The van der Waals surface area contributed by atoms with E-state index in [-0.39, 0.29) is 17.5 Å². The van der Waals surface area contributed by atoms with Crippen LogP contribution in [0.5, 0.6) is 0 Å². The topological polar surface area (TPSA) is 78.8 Å². The van der Waals surface area contributed by atoms with Crippen molar-refractivity contribution in [1.82, 2.24) is 30.0 Å². The Hall–Kier alpha value is -2.15. The molecule has 0 saturated heterocycles. The van der Waals surface area contributed by atoms with Crippen LogP contribution >= 0.6 is 0 Å². The van der Waals surface area contributed by atoms with Gasteiger partial charge in [0, 0.05) is 43.5 Å². The Kier molecular flexibility index (Phi) is 4.56. The lowest BCUT2D eigenvalue weighted by Gasteiger charge is -2.39. The first-order valence-electron chi connectivity index (χ1n) is 9.75. The van der Waals surface area contributed by atoms with Gasteiger partial charge in [0.15, 0.2) is 0 Å². The summed E-state index contributed by atoms with van der Waals surface area (Å²) in [6, 6.07) is -0.192. The molecule has 4 rings (SSSR count). The third-order valence-corrected chi connectivity index (χ3v) is 5.86. The number of H-pyrrole nitrogens is 1. The summed E-state index contributed by atoms with van der Waals surface area (Å²) in [5, 5.41) is 8.02. The van der Waals surface area contributed by atoms with Crippen molar-refractivity contribution in [3.8, 4) is 0 Å². The van der Waals surface area contributed by atoms with Gasteiger partial charge in [0.25, 0.3) is 0 Å². The average Bonchev–Trinajstić information content (AvgIpc) is 3.40. The average molecular weight is 356 g/mol. The van der Waals surface area contributed by atoms with Crippen LogP contribution in [0, 0.1) is 0 Å². The molecule has 2 aromatic heterocycles. The summed E-state index contributed by atoms with van der Waals surface area (Å²) >= 11 is 0. The molecule has 1 saturated carbocycles. The molecule has 0 bridgehead atoms. The molecule has 0 unspecified atom stereocenters. The molecule has 26 heavy (non-hydrogen) atoms. The van der Waals surface area contributed by atoms with Crippen molar-refractivity contribution >= 4 is 5.91 Å². The lowest BCUT2D eigenvalue weighted by Crippen LogP contribution is -2.57. The summed E-state index contributed by atoms with van der Waals surface area (Å²) < 4.78 is 1.90. The van der Waals surface area contributed by atoms with Gasteiger partial charge in [0.1, 0.15) is 0 Å². The molecule has 1 aliphatic carbocycles. The zero-order chi connectivity index (χ0) is 18.1. The third kappa shape index (κ3) is 2.94. The standard InChI is InChI=1S/C19H28N6O/c1-3-24(11-14-10-22-25(4-2)12-14)18(26)16-9-15-17(21-13-20-15)19(23-16)7-5-6-8-19/h10,12-13,16,23H,3-9,11H2,1-2H3,(H,20,21)/t16-/m0/s1. The minimum Gasteiger partial charge on any atom is -0.348 e. The van der Waals surface area contributed by atoms with Gasteiger partial charge in [-0.3, -0.25) is 14.8 Å². The number of hydrogen-bond acceptors (Lipinski definition) is 4. The molecule has 1 atom stereocenters. The second-order valence-electron chi connectivity index (χ2n) is 7.48. The molecular weight excluding hydrogens is 328 g/mol. The molecule has 3 heterocycles. The fourth-order valence-corrected chi connectivity index (χ4v) is 4.50. The first-order chi connectivity index (χ1) is 12.6. The fourth-order valence-electron chi connectivity index (χ4n) is 4.50. The number of amides is 1. The van der Waals surface area contributed by atoms with Crippen LogP contribution in [0.3, 0.4) is 0 Å². The molecule has 140 valence electrons. The van der Waals surface area contributed by atoms with E-state index in [1.54, 1.807) is 6.33 Å². The monoisotopic (exact) mass is 356 g/mol. The zero-order valence-corrected chi connectivity index (χ0v) is 15.7. The van der Waals surface area contributed by atoms with Gasteiger partial charge in [-0.15, -0.1) is 0 Å². The van der Waals surface area contributed by atoms with E-state index in [1.165, 1.54) is 12.8 Å². The first-order valence-corrected chi connectivity index (χ1v) is 9.75. The number of hydrogen-bond donors (Lipinski definition) is 2. The van der Waals surface area contributed by atoms with E-state index >= 15 is 0 Å². The van der Waals surface area contributed by atoms with Crippen molar-refractivity contribution < 1.29 is 4.79 Å². The number of rotatable bonds is 5. The smallest absolute Gasteiger partial charge is 0.240 e. The Labute approximate surface area is 154 Å². The van der Waals surface area contributed by atoms with Crippen molar-refractivity contribution in [3.63, 3.8) is 0 Å². The number of aromatic nitrogens is 4. The molecule has 2 N–H and O–H groups in total. The van der Waals surface area contributed by atoms with E-state index in [0.29, 0.717) is 19.5 Å². The maximum atomic E-state index is 13.3. The number of fused-ring (bicyclic) bond motifs is 2. The zero-order valence-electron chi connectivity index (χ0n) is 15.7. The predicted octanol–water partition coefficient (Wildman–Crippen LogP) is 1.96. The quantitative estimate of drug-likeness (QED) is 0.858. The van der Waals surface area contributed by atoms with Crippen LogP contribution in [-0.2, 0) is 29.8 Å². The minimum atomic E-state index is -0.192. The lowest BCUT2D eigenvalue weighted by molar-refractivity contribution is -0.134. The van der Waals surface area contributed by atoms with Gasteiger partial charge in [0.2, 0.25) is 5.91 Å². The Morgan fingerprint density at radius 3 is 2.88 bits per heavy atom. The Morgan fingerprint density at radius 2 is 2.19 bits per heavy atom. The van der Waals surface area contributed by atoms with Gasteiger partial charge in [-0.1, -0.05) is 12.8 Å². The second kappa shape index (κ2) is 6.87. The summed E-state index contributed by atoms with van der Waals surface area (Å²) in [4.78, 5) is 23.1. The van der Waals surface area contributed by atoms with E-state index in [9.17, 15) is 4.79 Å². The number of carbonyl (C=O) groups excluding carboxylic acids is 1. The maximum absolute atomic E-state index is 13.3. The van der Waals surface area contributed by atoms with Crippen LogP contribution in [0.1, 0.15) is 56.5 Å². The molecule has 1 aliphatic heterocycles. The van der Waals surface area contributed by atoms with E-state index in [4.69, 9.17) is 0 Å². The van der Waals surface area contributed by atoms with Gasteiger partial charge in [-0.25, -0.2) is 4.98 Å². The van der Waals surface area contributed by atoms with Crippen LogP contribution in [0.4, 0.5) is 0 Å². The van der Waals surface area contributed by atoms with Crippen molar-refractivity contribution in [2.45, 2.75) is 70.6 Å². The van der Waals surface area contributed by atoms with Gasteiger partial charge in [0.05, 0.1) is 29.8 Å². The molecule has 1 fully saturated rings. The van der Waals surface area contributed by atoms with Crippen molar-refractivity contribution in [2.24, 2.45) is 0 Å². The van der Waals surface area contributed by atoms with Crippen molar-refractivity contribution in [2.75, 3.05) is 6.54 Å². The van der Waals surface area contributed by atoms with Crippen LogP contribution in [0.15, 0.2) is 18.7 Å². The highest BCUT2D eigenvalue weighted by Crippen LogP contribution is 2.42. The summed E-state index contributed by atoms with van der Waals surface area (Å²) in [6.07, 6.45) is 10.8. The third-order valence-electron chi connectivity index (χ3n) is 5.86. The van der Waals surface area contributed by atoms with Crippen LogP contribution < -0.4 is 5.32 Å². The fraction of sp³-hybridized carbons (Fsp3) is 0.632. The number of carbonyl (C=O) groups is 1. The van der Waals surface area contributed by atoms with Gasteiger partial charge >= 0.3 is 0 Å². The van der Waals surface area contributed by atoms with Crippen LogP contribution in [-0.4, -0.2) is 43.1 Å². The van der Waals surface area contributed by atoms with Crippen LogP contribution in [0.25, 0.3) is 0 Å². The van der Waals surface area contributed by atoms with Gasteiger partial charge < -0.3 is 9.88 Å². The number of nitrogens with one attached hydrogen (secondary N) is 2. The Morgan fingerprint density at radius 1 is 1.38 bits per heavy atom. The van der Waals surface area contributed by atoms with E-state index in [2.05, 4.69) is 27.3 Å². The largest absolute Gasteiger partial charge is 0.348 e. The number of likely N-dealkylation sites (N-methyl/N-ethyl adjacent to an activating group) is 1. The highest BCUT2D eigenvalue weighted by molar-refractivity contribution is 5.82. The number of imidazole rings is 1. The molecule has 1 spiro atoms. The number of aromatic amines is 1. The molecule has 0 aromatic carbocycles. The highest BCUT2D eigenvalue weighted by atomic mass is 16.2. The van der Waals surface area contributed by atoms with Crippen LogP contribution in [0.2, 0.25) is 0 Å². The van der Waals surface area contributed by atoms with Crippen molar-refractivity contribution in [1.29, 1.82) is 0 Å². The highest BCUT2D eigenvalue weighted by Gasteiger charge is 2.46. The summed E-state index contributed by atoms with van der Waals surface area (Å²) in [5.41, 5.74) is 3.21. The first kappa shape index (κ1) is 17.3. The van der Waals surface area contributed by atoms with Gasteiger partial charge in [-0.05, 0) is 26.7 Å². The SMILES string of the molecule is CCN(Cc1cnn(CC)c1)C(=O)[C@@H]1Cc2[nH]cnc2C2(CCCC2)N1. The summed E-state index contributed by atoms with van der Waals surface area (Å²) in [6.45, 7) is 6.25.